The second kappa shape index (κ2) is 6.88. The van der Waals surface area contributed by atoms with Gasteiger partial charge in [0, 0.05) is 51.0 Å². The maximum Gasteiger partial charge on any atom is 0.225 e. The number of piperazine rings is 1. The molecule has 0 saturated carbocycles. The number of aryl methyl sites for hydroxylation is 1. The average Bonchev–Trinajstić information content (AvgIpc) is 3.23. The van der Waals surface area contributed by atoms with Crippen molar-refractivity contribution in [3.63, 3.8) is 0 Å². The van der Waals surface area contributed by atoms with Crippen LogP contribution >= 0.6 is 0 Å². The molecule has 0 radical (unpaired) electrons. The summed E-state index contributed by atoms with van der Waals surface area (Å²) in [7, 11) is 0. The molecule has 7 heteroatoms. The molecule has 0 bridgehead atoms. The first kappa shape index (κ1) is 15.6. The van der Waals surface area contributed by atoms with Gasteiger partial charge in [-0.2, -0.15) is 0 Å². The standard InChI is InChI=1S/C18H21N7/c1-2-15-12-20-18(21-13-15)24-10-8-23(9-11-24)16-4-3-5-17(22-16)25-7-6-19-14-25/h3-7,12-14H,2,8-11H2,1H3. The molecule has 0 aromatic carbocycles. The van der Waals surface area contributed by atoms with Gasteiger partial charge in [0.2, 0.25) is 5.95 Å². The zero-order valence-electron chi connectivity index (χ0n) is 14.3. The summed E-state index contributed by atoms with van der Waals surface area (Å²) in [5.41, 5.74) is 1.17. The predicted octanol–water partition coefficient (Wildman–Crippen LogP) is 1.95. The lowest BCUT2D eigenvalue weighted by molar-refractivity contribution is 0.633. The molecule has 4 heterocycles. The molecule has 0 atom stereocenters. The summed E-state index contributed by atoms with van der Waals surface area (Å²) in [6, 6.07) is 6.09. The monoisotopic (exact) mass is 335 g/mol. The number of hydrogen-bond acceptors (Lipinski definition) is 6. The van der Waals surface area contributed by atoms with E-state index in [1.165, 1.54) is 5.56 Å². The van der Waals surface area contributed by atoms with E-state index in [0.717, 1.165) is 50.2 Å². The largest absolute Gasteiger partial charge is 0.353 e. The smallest absolute Gasteiger partial charge is 0.225 e. The molecule has 3 aromatic heterocycles. The van der Waals surface area contributed by atoms with Crippen molar-refractivity contribution in [1.29, 1.82) is 0 Å². The highest BCUT2D eigenvalue weighted by Gasteiger charge is 2.20. The van der Waals surface area contributed by atoms with E-state index in [4.69, 9.17) is 4.98 Å². The van der Waals surface area contributed by atoms with Crippen LogP contribution in [0.3, 0.4) is 0 Å². The lowest BCUT2D eigenvalue weighted by Crippen LogP contribution is -2.47. The summed E-state index contributed by atoms with van der Waals surface area (Å²) < 4.78 is 1.92. The number of anilines is 2. The van der Waals surface area contributed by atoms with Gasteiger partial charge < -0.3 is 9.80 Å². The lowest BCUT2D eigenvalue weighted by Gasteiger charge is -2.35. The van der Waals surface area contributed by atoms with Gasteiger partial charge in [0.1, 0.15) is 18.0 Å². The Bertz CT molecular complexity index is 806. The Morgan fingerprint density at radius 1 is 0.960 bits per heavy atom. The summed E-state index contributed by atoms with van der Waals surface area (Å²) in [4.78, 5) is 22.4. The molecule has 0 spiro atoms. The van der Waals surface area contributed by atoms with E-state index in [0.29, 0.717) is 0 Å². The third kappa shape index (κ3) is 3.31. The van der Waals surface area contributed by atoms with E-state index >= 15 is 0 Å². The number of nitrogens with zero attached hydrogens (tertiary/aromatic N) is 7. The number of pyridine rings is 1. The summed E-state index contributed by atoms with van der Waals surface area (Å²) in [5, 5.41) is 0. The minimum atomic E-state index is 0.817. The van der Waals surface area contributed by atoms with Crippen LogP contribution in [0.15, 0.2) is 49.3 Å². The number of rotatable bonds is 4. The fourth-order valence-corrected chi connectivity index (χ4v) is 2.96. The van der Waals surface area contributed by atoms with Crippen molar-refractivity contribution in [2.75, 3.05) is 36.0 Å². The maximum atomic E-state index is 4.76. The van der Waals surface area contributed by atoms with Crippen molar-refractivity contribution >= 4 is 11.8 Å². The molecule has 7 nitrogen and oxygen atoms in total. The Labute approximate surface area is 147 Å². The Morgan fingerprint density at radius 2 is 1.68 bits per heavy atom. The van der Waals surface area contributed by atoms with E-state index in [-0.39, 0.29) is 0 Å². The van der Waals surface area contributed by atoms with Crippen LogP contribution < -0.4 is 9.80 Å². The molecule has 0 aliphatic carbocycles. The third-order valence-corrected chi connectivity index (χ3v) is 4.48. The topological polar surface area (TPSA) is 63.0 Å². The normalized spacial score (nSPS) is 14.8. The van der Waals surface area contributed by atoms with Gasteiger partial charge in [0.05, 0.1) is 0 Å². The van der Waals surface area contributed by atoms with E-state index < -0.39 is 0 Å². The number of imidazole rings is 1. The highest BCUT2D eigenvalue weighted by Crippen LogP contribution is 2.18. The molecular formula is C18H21N7. The van der Waals surface area contributed by atoms with Gasteiger partial charge >= 0.3 is 0 Å². The van der Waals surface area contributed by atoms with E-state index in [1.54, 1.807) is 12.5 Å². The van der Waals surface area contributed by atoms with Crippen LogP contribution in [0.5, 0.6) is 0 Å². The first-order chi connectivity index (χ1) is 12.3. The summed E-state index contributed by atoms with van der Waals surface area (Å²) >= 11 is 0. The van der Waals surface area contributed by atoms with Crippen molar-refractivity contribution in [2.45, 2.75) is 13.3 Å². The van der Waals surface area contributed by atoms with Gasteiger partial charge in [-0.25, -0.2) is 19.9 Å². The second-order valence-corrected chi connectivity index (χ2v) is 6.04. The zero-order chi connectivity index (χ0) is 17.1. The summed E-state index contributed by atoms with van der Waals surface area (Å²) in [6.07, 6.45) is 10.2. The van der Waals surface area contributed by atoms with Crippen molar-refractivity contribution in [3.8, 4) is 5.82 Å². The second-order valence-electron chi connectivity index (χ2n) is 6.04. The van der Waals surface area contributed by atoms with Crippen LogP contribution in [0.1, 0.15) is 12.5 Å². The highest BCUT2D eigenvalue weighted by molar-refractivity contribution is 5.45. The molecule has 1 saturated heterocycles. The van der Waals surface area contributed by atoms with Crippen molar-refractivity contribution in [2.24, 2.45) is 0 Å². The van der Waals surface area contributed by atoms with E-state index in [1.807, 2.05) is 35.3 Å². The predicted molar refractivity (Wildman–Crippen MR) is 97.2 cm³/mol. The Balaban J connectivity index is 1.44. The van der Waals surface area contributed by atoms with Crippen molar-refractivity contribution in [3.05, 3.63) is 54.9 Å². The number of hydrogen-bond donors (Lipinski definition) is 0. The Kier molecular flexibility index (Phi) is 4.28. The first-order valence-electron chi connectivity index (χ1n) is 8.59. The van der Waals surface area contributed by atoms with Crippen LogP contribution in [0, 0.1) is 0 Å². The van der Waals surface area contributed by atoms with Gasteiger partial charge in [0.15, 0.2) is 0 Å². The van der Waals surface area contributed by atoms with Crippen LogP contribution in [0.2, 0.25) is 0 Å². The van der Waals surface area contributed by atoms with Gasteiger partial charge in [-0.15, -0.1) is 0 Å². The van der Waals surface area contributed by atoms with Gasteiger partial charge in [-0.3, -0.25) is 4.57 Å². The number of aromatic nitrogens is 5. The van der Waals surface area contributed by atoms with Crippen LogP contribution in [-0.2, 0) is 6.42 Å². The van der Waals surface area contributed by atoms with Crippen molar-refractivity contribution < 1.29 is 0 Å². The van der Waals surface area contributed by atoms with E-state index in [2.05, 4.69) is 37.7 Å². The molecule has 25 heavy (non-hydrogen) atoms. The zero-order valence-corrected chi connectivity index (χ0v) is 14.3. The van der Waals surface area contributed by atoms with E-state index in [9.17, 15) is 0 Å². The molecular weight excluding hydrogens is 314 g/mol. The first-order valence-corrected chi connectivity index (χ1v) is 8.59. The highest BCUT2D eigenvalue weighted by atomic mass is 15.3. The maximum absolute atomic E-state index is 4.76. The Morgan fingerprint density at radius 3 is 2.36 bits per heavy atom. The van der Waals surface area contributed by atoms with Crippen molar-refractivity contribution in [1.82, 2.24) is 24.5 Å². The molecule has 0 unspecified atom stereocenters. The quantitative estimate of drug-likeness (QED) is 0.726. The lowest BCUT2D eigenvalue weighted by atomic mass is 10.3. The van der Waals surface area contributed by atoms with Gasteiger partial charge in [-0.05, 0) is 24.1 Å². The molecule has 0 N–H and O–H groups in total. The summed E-state index contributed by atoms with van der Waals surface area (Å²) in [5.74, 6) is 2.70. The molecule has 128 valence electrons. The van der Waals surface area contributed by atoms with Gasteiger partial charge in [-0.1, -0.05) is 13.0 Å². The average molecular weight is 335 g/mol. The minimum Gasteiger partial charge on any atom is -0.353 e. The molecule has 3 aromatic rings. The minimum absolute atomic E-state index is 0.817. The Hall–Kier alpha value is -2.96. The molecule has 0 amide bonds. The third-order valence-electron chi connectivity index (χ3n) is 4.48. The van der Waals surface area contributed by atoms with Gasteiger partial charge in [0.25, 0.3) is 0 Å². The van der Waals surface area contributed by atoms with Crippen LogP contribution in [0.25, 0.3) is 5.82 Å². The molecule has 1 aliphatic heterocycles. The summed E-state index contributed by atoms with van der Waals surface area (Å²) in [6.45, 7) is 5.70. The molecule has 4 rings (SSSR count). The van der Waals surface area contributed by atoms with Crippen LogP contribution in [0.4, 0.5) is 11.8 Å². The molecule has 1 aliphatic rings. The fourth-order valence-electron chi connectivity index (χ4n) is 2.96. The fraction of sp³-hybridized carbons (Fsp3) is 0.333. The van der Waals surface area contributed by atoms with Crippen LogP contribution in [-0.4, -0.2) is 50.7 Å². The SMILES string of the molecule is CCc1cnc(N2CCN(c3cccc(-n4ccnc4)n3)CC2)nc1. The molecule has 1 fully saturated rings.